The van der Waals surface area contributed by atoms with E-state index < -0.39 is 5.91 Å². The summed E-state index contributed by atoms with van der Waals surface area (Å²) in [6, 6.07) is 1.33. The average molecular weight is 305 g/mol. The molecule has 0 aromatic carbocycles. The van der Waals surface area contributed by atoms with E-state index in [2.05, 4.69) is 20.8 Å². The highest BCUT2D eigenvalue weighted by molar-refractivity contribution is 6.34. The highest BCUT2D eigenvalue weighted by Gasteiger charge is 2.13. The normalized spacial score (nSPS) is 10.4. The molecule has 0 saturated carbocycles. The Labute approximate surface area is 120 Å². The van der Waals surface area contributed by atoms with Crippen molar-refractivity contribution in [3.63, 3.8) is 0 Å². The summed E-state index contributed by atoms with van der Waals surface area (Å²) in [5, 5.41) is 12.4. The van der Waals surface area contributed by atoms with Crippen molar-refractivity contribution in [1.29, 1.82) is 0 Å². The zero-order valence-corrected chi connectivity index (χ0v) is 12.0. The van der Waals surface area contributed by atoms with Crippen LogP contribution in [-0.2, 0) is 4.79 Å². The van der Waals surface area contributed by atoms with Crippen LogP contribution in [0.3, 0.4) is 0 Å². The smallest absolute Gasteiger partial charge is 0.254 e. The number of carbonyl (C=O) groups is 2. The minimum absolute atomic E-state index is 0.0203. The molecule has 19 heavy (non-hydrogen) atoms. The molecule has 0 aliphatic rings. The average Bonchev–Trinajstić information content (AvgIpc) is 2.36. The molecule has 1 heterocycles. The second-order valence-electron chi connectivity index (χ2n) is 4.07. The highest BCUT2D eigenvalue weighted by Crippen LogP contribution is 2.14. The van der Waals surface area contributed by atoms with Crippen LogP contribution in [0, 0.1) is 5.92 Å². The summed E-state index contributed by atoms with van der Waals surface area (Å²) in [5.74, 6) is -0.574. The Kier molecular flexibility index (Phi) is 5.98. The van der Waals surface area contributed by atoms with Crippen molar-refractivity contribution in [2.24, 2.45) is 5.92 Å². The molecule has 2 N–H and O–H groups in total. The molecular formula is C11H14Cl2N4O2. The first-order valence-corrected chi connectivity index (χ1v) is 6.42. The molecule has 0 spiro atoms. The Morgan fingerprint density at radius 3 is 2.47 bits per heavy atom. The monoisotopic (exact) mass is 304 g/mol. The van der Waals surface area contributed by atoms with E-state index in [9.17, 15) is 9.59 Å². The van der Waals surface area contributed by atoms with Crippen molar-refractivity contribution in [2.45, 2.75) is 13.8 Å². The molecule has 0 aliphatic carbocycles. The number of halogens is 2. The van der Waals surface area contributed by atoms with Gasteiger partial charge in [-0.1, -0.05) is 37.0 Å². The zero-order chi connectivity index (χ0) is 14.4. The first-order chi connectivity index (χ1) is 8.91. The lowest BCUT2D eigenvalue weighted by atomic mass is 10.2. The Balaban J connectivity index is 2.44. The molecule has 2 amide bonds. The van der Waals surface area contributed by atoms with Gasteiger partial charge in [0.25, 0.3) is 5.91 Å². The van der Waals surface area contributed by atoms with Gasteiger partial charge >= 0.3 is 0 Å². The van der Waals surface area contributed by atoms with Crippen LogP contribution in [0.2, 0.25) is 10.3 Å². The van der Waals surface area contributed by atoms with E-state index in [1.54, 1.807) is 13.8 Å². The third kappa shape index (κ3) is 5.00. The summed E-state index contributed by atoms with van der Waals surface area (Å²) in [6.07, 6.45) is 0. The third-order valence-electron chi connectivity index (χ3n) is 2.20. The third-order valence-corrected chi connectivity index (χ3v) is 2.66. The fraction of sp³-hybridized carbons (Fsp3) is 0.455. The zero-order valence-electron chi connectivity index (χ0n) is 10.5. The molecule has 104 valence electrons. The van der Waals surface area contributed by atoms with Gasteiger partial charge in [0.15, 0.2) is 10.3 Å². The summed E-state index contributed by atoms with van der Waals surface area (Å²) >= 11 is 11.4. The molecule has 0 atom stereocenters. The number of aromatic nitrogens is 2. The largest absolute Gasteiger partial charge is 0.354 e. The van der Waals surface area contributed by atoms with Gasteiger partial charge in [-0.25, -0.2) is 0 Å². The summed E-state index contributed by atoms with van der Waals surface area (Å²) in [4.78, 5) is 23.0. The fourth-order valence-electron chi connectivity index (χ4n) is 1.17. The summed E-state index contributed by atoms with van der Waals surface area (Å²) in [7, 11) is 0. The second kappa shape index (κ2) is 7.25. The molecular weight excluding hydrogens is 291 g/mol. The van der Waals surface area contributed by atoms with Crippen LogP contribution in [0.25, 0.3) is 0 Å². The van der Waals surface area contributed by atoms with Gasteiger partial charge in [-0.3, -0.25) is 9.59 Å². The molecule has 0 bridgehead atoms. The van der Waals surface area contributed by atoms with Gasteiger partial charge in [0.1, 0.15) is 0 Å². The molecule has 1 aromatic rings. The first kappa shape index (κ1) is 15.7. The summed E-state index contributed by atoms with van der Waals surface area (Å²) < 4.78 is 0. The standard InChI is InChI=1S/C11H14Cl2N4O2/c1-6(2)10(18)14-3-4-15-11(19)7-5-8(12)16-17-9(7)13/h5-6H,3-4H2,1-2H3,(H,14,18)(H,15,19). The Bertz CT molecular complexity index is 480. The molecule has 0 unspecified atom stereocenters. The van der Waals surface area contributed by atoms with Crippen LogP contribution in [0.4, 0.5) is 0 Å². The van der Waals surface area contributed by atoms with Gasteiger partial charge in [-0.2, -0.15) is 0 Å². The van der Waals surface area contributed by atoms with E-state index >= 15 is 0 Å². The van der Waals surface area contributed by atoms with Gasteiger partial charge in [0.05, 0.1) is 5.56 Å². The SMILES string of the molecule is CC(C)C(=O)NCCNC(=O)c1cc(Cl)nnc1Cl. The van der Waals surface area contributed by atoms with Crippen molar-refractivity contribution in [2.75, 3.05) is 13.1 Å². The minimum atomic E-state index is -0.416. The minimum Gasteiger partial charge on any atom is -0.354 e. The van der Waals surface area contributed by atoms with E-state index in [4.69, 9.17) is 23.2 Å². The topological polar surface area (TPSA) is 84.0 Å². The van der Waals surface area contributed by atoms with E-state index in [0.717, 1.165) is 0 Å². The molecule has 0 radical (unpaired) electrons. The van der Waals surface area contributed by atoms with E-state index in [1.165, 1.54) is 6.07 Å². The van der Waals surface area contributed by atoms with Crippen LogP contribution in [0.15, 0.2) is 6.07 Å². The van der Waals surface area contributed by atoms with E-state index in [0.29, 0.717) is 6.54 Å². The number of rotatable bonds is 5. The predicted octanol–water partition coefficient (Wildman–Crippen LogP) is 1.29. The van der Waals surface area contributed by atoms with E-state index in [1.807, 2.05) is 0 Å². The van der Waals surface area contributed by atoms with Gasteiger partial charge in [0, 0.05) is 19.0 Å². The number of hydrogen-bond acceptors (Lipinski definition) is 4. The van der Waals surface area contributed by atoms with Crippen molar-refractivity contribution >= 4 is 35.0 Å². The van der Waals surface area contributed by atoms with Crippen molar-refractivity contribution in [3.8, 4) is 0 Å². The highest BCUT2D eigenvalue weighted by atomic mass is 35.5. The summed E-state index contributed by atoms with van der Waals surface area (Å²) in [5.41, 5.74) is 0.150. The Hall–Kier alpha value is -1.40. The van der Waals surface area contributed by atoms with Crippen molar-refractivity contribution in [1.82, 2.24) is 20.8 Å². The molecule has 1 rings (SSSR count). The van der Waals surface area contributed by atoms with Crippen LogP contribution in [0.1, 0.15) is 24.2 Å². The van der Waals surface area contributed by atoms with Gasteiger partial charge in [-0.15, -0.1) is 10.2 Å². The number of carbonyl (C=O) groups excluding carboxylic acids is 2. The van der Waals surface area contributed by atoms with Crippen molar-refractivity contribution in [3.05, 3.63) is 21.9 Å². The van der Waals surface area contributed by atoms with Gasteiger partial charge in [0.2, 0.25) is 5.91 Å². The lowest BCUT2D eigenvalue weighted by molar-refractivity contribution is -0.123. The summed E-state index contributed by atoms with van der Waals surface area (Å²) in [6.45, 7) is 4.21. The maximum absolute atomic E-state index is 11.8. The predicted molar refractivity (Wildman–Crippen MR) is 72.2 cm³/mol. The molecule has 0 fully saturated rings. The lowest BCUT2D eigenvalue weighted by Crippen LogP contribution is -2.36. The molecule has 6 nitrogen and oxygen atoms in total. The number of nitrogens with zero attached hydrogens (tertiary/aromatic N) is 2. The van der Waals surface area contributed by atoms with Gasteiger partial charge < -0.3 is 10.6 Å². The molecule has 8 heteroatoms. The van der Waals surface area contributed by atoms with Crippen LogP contribution >= 0.6 is 23.2 Å². The fourth-order valence-corrected chi connectivity index (χ4v) is 1.50. The molecule has 0 aliphatic heterocycles. The lowest BCUT2D eigenvalue weighted by Gasteiger charge is -2.09. The maximum Gasteiger partial charge on any atom is 0.254 e. The van der Waals surface area contributed by atoms with Crippen LogP contribution in [-0.4, -0.2) is 35.1 Å². The second-order valence-corrected chi connectivity index (χ2v) is 4.82. The van der Waals surface area contributed by atoms with Crippen LogP contribution < -0.4 is 10.6 Å². The Morgan fingerprint density at radius 1 is 1.21 bits per heavy atom. The maximum atomic E-state index is 11.8. The van der Waals surface area contributed by atoms with E-state index in [-0.39, 0.29) is 34.2 Å². The van der Waals surface area contributed by atoms with Crippen LogP contribution in [0.5, 0.6) is 0 Å². The number of nitrogens with one attached hydrogen (secondary N) is 2. The van der Waals surface area contributed by atoms with Gasteiger partial charge in [-0.05, 0) is 6.07 Å². The number of hydrogen-bond donors (Lipinski definition) is 2. The Morgan fingerprint density at radius 2 is 1.84 bits per heavy atom. The van der Waals surface area contributed by atoms with Crippen molar-refractivity contribution < 1.29 is 9.59 Å². The molecule has 0 saturated heterocycles. The first-order valence-electron chi connectivity index (χ1n) is 5.66. The quantitative estimate of drug-likeness (QED) is 0.803. The molecule has 1 aromatic heterocycles. The number of amides is 2.